The molecule has 2 aromatic rings. The standard InChI is InChI=1S/C16H12ClN3O/c17-12-8-6-11(7-9-12)10-14-15(21)20-16(19-14)18-13-4-2-1-3-5-13/h1-10H,(H2,18,19,20,21)/b14-10-. The molecule has 1 amide bonds. The van der Waals surface area contributed by atoms with Gasteiger partial charge < -0.3 is 5.32 Å². The van der Waals surface area contributed by atoms with Crippen LogP contribution in [0.2, 0.25) is 5.02 Å². The first-order valence-electron chi connectivity index (χ1n) is 6.40. The van der Waals surface area contributed by atoms with E-state index >= 15 is 0 Å². The molecule has 0 saturated carbocycles. The molecule has 2 N–H and O–H groups in total. The van der Waals surface area contributed by atoms with Crippen molar-refractivity contribution in [2.45, 2.75) is 0 Å². The van der Waals surface area contributed by atoms with E-state index in [1.807, 2.05) is 42.5 Å². The summed E-state index contributed by atoms with van der Waals surface area (Å²) < 4.78 is 0. The molecule has 1 aliphatic rings. The second kappa shape index (κ2) is 5.81. The van der Waals surface area contributed by atoms with Crippen molar-refractivity contribution in [1.29, 1.82) is 0 Å². The Morgan fingerprint density at radius 3 is 2.48 bits per heavy atom. The Kier molecular flexibility index (Phi) is 3.71. The molecule has 0 aliphatic carbocycles. The molecule has 104 valence electrons. The third kappa shape index (κ3) is 3.30. The van der Waals surface area contributed by atoms with Crippen LogP contribution in [0.1, 0.15) is 5.56 Å². The van der Waals surface area contributed by atoms with E-state index in [1.165, 1.54) is 0 Å². The minimum Gasteiger partial charge on any atom is -0.326 e. The molecule has 4 nitrogen and oxygen atoms in total. The molecule has 1 aliphatic heterocycles. The Balaban J connectivity index is 1.80. The van der Waals surface area contributed by atoms with Gasteiger partial charge in [-0.15, -0.1) is 0 Å². The van der Waals surface area contributed by atoms with Crippen molar-refractivity contribution in [3.8, 4) is 0 Å². The van der Waals surface area contributed by atoms with Gasteiger partial charge in [0.25, 0.3) is 5.91 Å². The number of rotatable bonds is 2. The number of halogens is 1. The Hall–Kier alpha value is -2.59. The SMILES string of the molecule is O=C1NC(Nc2ccccc2)=N/C1=C\c1ccc(Cl)cc1. The van der Waals surface area contributed by atoms with Gasteiger partial charge in [-0.05, 0) is 35.9 Å². The molecule has 3 rings (SSSR count). The van der Waals surface area contributed by atoms with E-state index in [9.17, 15) is 4.79 Å². The highest BCUT2D eigenvalue weighted by atomic mass is 35.5. The number of aliphatic imine (C=N–C) groups is 1. The van der Waals surface area contributed by atoms with Crippen molar-refractivity contribution in [1.82, 2.24) is 5.32 Å². The number of hydrogen-bond donors (Lipinski definition) is 2. The molecule has 0 bridgehead atoms. The van der Waals surface area contributed by atoms with Crippen LogP contribution in [0, 0.1) is 0 Å². The van der Waals surface area contributed by atoms with Crippen molar-refractivity contribution < 1.29 is 4.79 Å². The summed E-state index contributed by atoms with van der Waals surface area (Å²) in [6.45, 7) is 0. The van der Waals surface area contributed by atoms with Crippen LogP contribution in [0.4, 0.5) is 5.69 Å². The van der Waals surface area contributed by atoms with Gasteiger partial charge in [-0.3, -0.25) is 10.1 Å². The van der Waals surface area contributed by atoms with E-state index in [4.69, 9.17) is 11.6 Å². The molecule has 1 heterocycles. The highest BCUT2D eigenvalue weighted by Crippen LogP contribution is 2.16. The fraction of sp³-hybridized carbons (Fsp3) is 0. The van der Waals surface area contributed by atoms with Gasteiger partial charge in [0, 0.05) is 10.7 Å². The molecule has 2 aromatic carbocycles. The molecular weight excluding hydrogens is 286 g/mol. The normalized spacial score (nSPS) is 15.8. The largest absolute Gasteiger partial charge is 0.326 e. The molecule has 0 spiro atoms. The molecule has 0 radical (unpaired) electrons. The molecule has 0 unspecified atom stereocenters. The molecule has 0 fully saturated rings. The first kappa shape index (κ1) is 13.4. The van der Waals surface area contributed by atoms with E-state index in [2.05, 4.69) is 15.6 Å². The van der Waals surface area contributed by atoms with E-state index in [0.717, 1.165) is 11.3 Å². The van der Waals surface area contributed by atoms with Crippen LogP contribution >= 0.6 is 11.6 Å². The van der Waals surface area contributed by atoms with Gasteiger partial charge in [-0.2, -0.15) is 0 Å². The van der Waals surface area contributed by atoms with Crippen LogP contribution in [0.15, 0.2) is 65.3 Å². The smallest absolute Gasteiger partial charge is 0.276 e. The number of hydrogen-bond acceptors (Lipinski definition) is 3. The Morgan fingerprint density at radius 2 is 1.76 bits per heavy atom. The lowest BCUT2D eigenvalue weighted by Gasteiger charge is -2.03. The van der Waals surface area contributed by atoms with Gasteiger partial charge in [0.05, 0.1) is 0 Å². The van der Waals surface area contributed by atoms with Crippen LogP contribution < -0.4 is 10.6 Å². The van der Waals surface area contributed by atoms with Gasteiger partial charge in [-0.25, -0.2) is 4.99 Å². The predicted octanol–water partition coefficient (Wildman–Crippen LogP) is 3.28. The second-order valence-corrected chi connectivity index (χ2v) is 4.92. The average molecular weight is 298 g/mol. The van der Waals surface area contributed by atoms with Gasteiger partial charge in [0.2, 0.25) is 5.96 Å². The summed E-state index contributed by atoms with van der Waals surface area (Å²) >= 11 is 5.83. The lowest BCUT2D eigenvalue weighted by Crippen LogP contribution is -2.29. The summed E-state index contributed by atoms with van der Waals surface area (Å²) in [5.74, 6) is 0.190. The molecule has 5 heteroatoms. The first-order chi connectivity index (χ1) is 10.2. The number of anilines is 1. The maximum Gasteiger partial charge on any atom is 0.276 e. The van der Waals surface area contributed by atoms with Gasteiger partial charge in [0.1, 0.15) is 5.70 Å². The molecule has 0 atom stereocenters. The average Bonchev–Trinajstić information content (AvgIpc) is 2.82. The van der Waals surface area contributed by atoms with E-state index < -0.39 is 0 Å². The number of carbonyl (C=O) groups excluding carboxylic acids is 1. The lowest BCUT2D eigenvalue weighted by molar-refractivity contribution is -0.115. The van der Waals surface area contributed by atoms with Gasteiger partial charge in [0.15, 0.2) is 0 Å². The molecule has 21 heavy (non-hydrogen) atoms. The maximum atomic E-state index is 11.9. The maximum absolute atomic E-state index is 11.9. The van der Waals surface area contributed by atoms with Crippen LogP contribution in [0.5, 0.6) is 0 Å². The summed E-state index contributed by atoms with van der Waals surface area (Å²) in [4.78, 5) is 16.1. The quantitative estimate of drug-likeness (QED) is 0.836. The van der Waals surface area contributed by atoms with Crippen molar-refractivity contribution in [3.05, 3.63) is 70.9 Å². The van der Waals surface area contributed by atoms with Crippen molar-refractivity contribution in [3.63, 3.8) is 0 Å². The second-order valence-electron chi connectivity index (χ2n) is 4.49. The number of amides is 1. The first-order valence-corrected chi connectivity index (χ1v) is 6.78. The fourth-order valence-corrected chi connectivity index (χ4v) is 2.03. The molecular formula is C16H12ClN3O. The van der Waals surface area contributed by atoms with Gasteiger partial charge >= 0.3 is 0 Å². The van der Waals surface area contributed by atoms with E-state index in [-0.39, 0.29) is 5.91 Å². The van der Waals surface area contributed by atoms with Crippen molar-refractivity contribution in [2.75, 3.05) is 5.32 Å². The van der Waals surface area contributed by atoms with Crippen molar-refractivity contribution >= 4 is 35.2 Å². The van der Waals surface area contributed by atoms with Crippen LogP contribution in [0.25, 0.3) is 6.08 Å². The van der Waals surface area contributed by atoms with Gasteiger partial charge in [-0.1, -0.05) is 41.9 Å². The summed E-state index contributed by atoms with van der Waals surface area (Å²) in [6, 6.07) is 16.7. The zero-order valence-corrected chi connectivity index (χ0v) is 11.8. The summed E-state index contributed by atoms with van der Waals surface area (Å²) in [5, 5.41) is 6.40. The monoisotopic (exact) mass is 297 g/mol. The highest BCUT2D eigenvalue weighted by molar-refractivity contribution is 6.30. The number of carbonyl (C=O) groups is 1. The number of para-hydroxylation sites is 1. The third-order valence-electron chi connectivity index (χ3n) is 2.91. The zero-order valence-electron chi connectivity index (χ0n) is 11.0. The summed E-state index contributed by atoms with van der Waals surface area (Å²) in [6.07, 6.45) is 1.71. The minimum absolute atomic E-state index is 0.233. The Bertz CT molecular complexity index is 721. The number of nitrogens with zero attached hydrogens (tertiary/aromatic N) is 1. The number of guanidine groups is 1. The zero-order chi connectivity index (χ0) is 14.7. The van der Waals surface area contributed by atoms with E-state index in [1.54, 1.807) is 18.2 Å². The fourth-order valence-electron chi connectivity index (χ4n) is 1.90. The summed E-state index contributed by atoms with van der Waals surface area (Å²) in [7, 11) is 0. The van der Waals surface area contributed by atoms with Crippen LogP contribution in [0.3, 0.4) is 0 Å². The topological polar surface area (TPSA) is 53.5 Å². The van der Waals surface area contributed by atoms with E-state index in [0.29, 0.717) is 16.7 Å². The van der Waals surface area contributed by atoms with Crippen LogP contribution in [-0.4, -0.2) is 11.9 Å². The predicted molar refractivity (Wildman–Crippen MR) is 85.1 cm³/mol. The Labute approximate surface area is 127 Å². The number of benzene rings is 2. The lowest BCUT2D eigenvalue weighted by atomic mass is 10.2. The highest BCUT2D eigenvalue weighted by Gasteiger charge is 2.19. The van der Waals surface area contributed by atoms with Crippen molar-refractivity contribution in [2.24, 2.45) is 4.99 Å². The third-order valence-corrected chi connectivity index (χ3v) is 3.16. The Morgan fingerprint density at radius 1 is 1.05 bits per heavy atom. The number of nitrogens with one attached hydrogen (secondary N) is 2. The summed E-state index contributed by atoms with van der Waals surface area (Å²) in [5.41, 5.74) is 2.09. The molecule has 0 aromatic heterocycles. The molecule has 0 saturated heterocycles. The minimum atomic E-state index is -0.233. The van der Waals surface area contributed by atoms with Crippen LogP contribution in [-0.2, 0) is 4.79 Å².